The maximum absolute atomic E-state index is 12.4. The number of rotatable bonds is 11. The first-order chi connectivity index (χ1) is 18.1. The highest BCUT2D eigenvalue weighted by molar-refractivity contribution is 7.15. The Morgan fingerprint density at radius 1 is 0.892 bits per heavy atom. The predicted octanol–water partition coefficient (Wildman–Crippen LogP) is 4.25. The molecule has 4 rings (SSSR count). The third kappa shape index (κ3) is 7.97. The van der Waals surface area contributed by atoms with Crippen molar-refractivity contribution in [3.05, 3.63) is 101 Å². The Labute approximate surface area is 218 Å². The molecular weight excluding hydrogens is 490 g/mol. The minimum absolute atomic E-state index is 0.00687. The molecule has 9 nitrogen and oxygen atoms in total. The minimum Gasteiger partial charge on any atom is -0.490 e. The molecule has 0 aliphatic carbocycles. The number of nitrogens with one attached hydrogen (secondary N) is 2. The highest BCUT2D eigenvalue weighted by Crippen LogP contribution is 2.18. The van der Waals surface area contributed by atoms with E-state index < -0.39 is 0 Å². The lowest BCUT2D eigenvalue weighted by molar-refractivity contribution is -0.120. The normalized spacial score (nSPS) is 10.7. The van der Waals surface area contributed by atoms with Crippen molar-refractivity contribution >= 4 is 34.5 Å². The zero-order chi connectivity index (χ0) is 25.9. The van der Waals surface area contributed by atoms with Crippen LogP contribution in [-0.2, 0) is 11.2 Å². The van der Waals surface area contributed by atoms with E-state index in [1.54, 1.807) is 12.1 Å². The SMILES string of the molecule is Cc1ccccc1C(=O)Nc1nnc(CC(=O)N/N=C\c2ccc(OCCOc3ccccc3)cc2)s1. The predicted molar refractivity (Wildman–Crippen MR) is 142 cm³/mol. The topological polar surface area (TPSA) is 115 Å². The second-order valence-electron chi connectivity index (χ2n) is 7.82. The fourth-order valence-electron chi connectivity index (χ4n) is 3.21. The summed E-state index contributed by atoms with van der Waals surface area (Å²) < 4.78 is 11.3. The van der Waals surface area contributed by atoms with Crippen molar-refractivity contribution in [1.82, 2.24) is 15.6 Å². The standard InChI is InChI=1S/C27H25N5O4S/c1-19-7-5-6-10-23(19)26(34)29-27-32-31-25(37-27)17-24(33)30-28-18-20-11-13-22(14-12-20)36-16-15-35-21-8-3-2-4-9-21/h2-14,18H,15-17H2,1H3,(H,30,33)(H,29,32,34)/b28-18-. The molecule has 2 amide bonds. The molecule has 0 unspecified atom stereocenters. The lowest BCUT2D eigenvalue weighted by Gasteiger charge is -2.08. The molecule has 0 bridgehead atoms. The van der Waals surface area contributed by atoms with Gasteiger partial charge in [0.2, 0.25) is 11.0 Å². The molecule has 37 heavy (non-hydrogen) atoms. The molecule has 0 radical (unpaired) electrons. The maximum Gasteiger partial charge on any atom is 0.257 e. The molecule has 10 heteroatoms. The van der Waals surface area contributed by atoms with Crippen LogP contribution in [0.15, 0.2) is 84.0 Å². The van der Waals surface area contributed by atoms with Gasteiger partial charge in [-0.2, -0.15) is 5.10 Å². The number of aromatic nitrogens is 2. The van der Waals surface area contributed by atoms with Gasteiger partial charge in [0.25, 0.3) is 5.91 Å². The van der Waals surface area contributed by atoms with Crippen molar-refractivity contribution < 1.29 is 19.1 Å². The average molecular weight is 516 g/mol. The first-order valence-electron chi connectivity index (χ1n) is 11.5. The number of nitrogens with zero attached hydrogens (tertiary/aromatic N) is 3. The van der Waals surface area contributed by atoms with Gasteiger partial charge in [0.15, 0.2) is 0 Å². The molecule has 0 aliphatic rings. The van der Waals surface area contributed by atoms with Crippen LogP contribution in [0.3, 0.4) is 0 Å². The van der Waals surface area contributed by atoms with Gasteiger partial charge in [-0.1, -0.05) is 47.7 Å². The quantitative estimate of drug-likeness (QED) is 0.175. The van der Waals surface area contributed by atoms with Crippen molar-refractivity contribution in [2.45, 2.75) is 13.3 Å². The molecule has 0 spiro atoms. The number of amides is 2. The monoisotopic (exact) mass is 515 g/mol. The number of para-hydroxylation sites is 1. The molecule has 1 aromatic heterocycles. The van der Waals surface area contributed by atoms with E-state index in [1.165, 1.54) is 6.21 Å². The van der Waals surface area contributed by atoms with Crippen molar-refractivity contribution in [2.75, 3.05) is 18.5 Å². The van der Waals surface area contributed by atoms with E-state index in [2.05, 4.69) is 26.0 Å². The minimum atomic E-state index is -0.345. The van der Waals surface area contributed by atoms with E-state index in [-0.39, 0.29) is 18.2 Å². The molecule has 188 valence electrons. The van der Waals surface area contributed by atoms with Gasteiger partial charge < -0.3 is 9.47 Å². The number of hydrogen-bond acceptors (Lipinski definition) is 8. The van der Waals surface area contributed by atoms with E-state index in [1.807, 2.05) is 73.7 Å². The molecule has 0 atom stereocenters. The number of hydrogen-bond donors (Lipinski definition) is 2. The van der Waals surface area contributed by atoms with Crippen molar-refractivity contribution in [2.24, 2.45) is 5.10 Å². The maximum atomic E-state index is 12.4. The van der Waals surface area contributed by atoms with Gasteiger partial charge >= 0.3 is 0 Å². The fraction of sp³-hybridized carbons (Fsp3) is 0.148. The molecule has 2 N–H and O–H groups in total. The second kappa shape index (κ2) is 12.9. The van der Waals surface area contributed by atoms with Crippen LogP contribution in [0.25, 0.3) is 0 Å². The first-order valence-corrected chi connectivity index (χ1v) is 12.3. The van der Waals surface area contributed by atoms with Gasteiger partial charge in [0.1, 0.15) is 29.7 Å². The summed E-state index contributed by atoms with van der Waals surface area (Å²) in [6.07, 6.45) is 1.53. The molecule has 3 aromatic carbocycles. The largest absolute Gasteiger partial charge is 0.490 e. The van der Waals surface area contributed by atoms with Crippen LogP contribution in [0.2, 0.25) is 0 Å². The van der Waals surface area contributed by atoms with Gasteiger partial charge in [-0.3, -0.25) is 14.9 Å². The number of aryl methyl sites for hydroxylation is 1. The molecule has 4 aromatic rings. The van der Waals surface area contributed by atoms with E-state index in [9.17, 15) is 9.59 Å². The number of anilines is 1. The molecule has 0 aliphatic heterocycles. The van der Waals surface area contributed by atoms with Gasteiger partial charge in [0.05, 0.1) is 12.6 Å². The van der Waals surface area contributed by atoms with Gasteiger partial charge in [-0.25, -0.2) is 5.43 Å². The summed E-state index contributed by atoms with van der Waals surface area (Å²) in [7, 11) is 0. The Hall–Kier alpha value is -4.57. The average Bonchev–Trinajstić information content (AvgIpc) is 3.34. The number of benzene rings is 3. The number of carbonyl (C=O) groups excluding carboxylic acids is 2. The fourth-order valence-corrected chi connectivity index (χ4v) is 3.94. The summed E-state index contributed by atoms with van der Waals surface area (Å²) in [4.78, 5) is 24.6. The van der Waals surface area contributed by atoms with Crippen molar-refractivity contribution in [3.8, 4) is 11.5 Å². The van der Waals surface area contributed by atoms with E-state index in [0.717, 1.165) is 28.2 Å². The Kier molecular flexibility index (Phi) is 8.92. The van der Waals surface area contributed by atoms with Crippen LogP contribution in [0.1, 0.15) is 26.5 Å². The summed E-state index contributed by atoms with van der Waals surface area (Å²) in [5.41, 5.74) is 4.68. The van der Waals surface area contributed by atoms with Crippen LogP contribution in [0, 0.1) is 6.92 Å². The smallest absolute Gasteiger partial charge is 0.257 e. The Morgan fingerprint density at radius 3 is 2.30 bits per heavy atom. The van der Waals surface area contributed by atoms with Crippen LogP contribution in [0.5, 0.6) is 11.5 Å². The second-order valence-corrected chi connectivity index (χ2v) is 8.88. The molecular formula is C27H25N5O4S. The summed E-state index contributed by atoms with van der Waals surface area (Å²) >= 11 is 1.14. The van der Waals surface area contributed by atoms with Crippen molar-refractivity contribution in [3.63, 3.8) is 0 Å². The van der Waals surface area contributed by atoms with Gasteiger partial charge in [-0.15, -0.1) is 10.2 Å². The Balaban J connectivity index is 1.17. The van der Waals surface area contributed by atoms with Gasteiger partial charge in [0, 0.05) is 5.56 Å². The van der Waals surface area contributed by atoms with E-state index >= 15 is 0 Å². The Morgan fingerprint density at radius 2 is 1.57 bits per heavy atom. The molecule has 0 saturated carbocycles. The molecule has 1 heterocycles. The third-order valence-electron chi connectivity index (χ3n) is 5.04. The van der Waals surface area contributed by atoms with Gasteiger partial charge in [-0.05, 0) is 60.5 Å². The van der Waals surface area contributed by atoms with E-state index in [0.29, 0.717) is 34.7 Å². The van der Waals surface area contributed by atoms with Crippen LogP contribution >= 0.6 is 11.3 Å². The number of ether oxygens (including phenoxy) is 2. The third-order valence-corrected chi connectivity index (χ3v) is 5.87. The van der Waals surface area contributed by atoms with Crippen LogP contribution in [-0.4, -0.2) is 41.4 Å². The highest BCUT2D eigenvalue weighted by atomic mass is 32.1. The zero-order valence-electron chi connectivity index (χ0n) is 20.1. The zero-order valence-corrected chi connectivity index (χ0v) is 20.9. The van der Waals surface area contributed by atoms with E-state index in [4.69, 9.17) is 9.47 Å². The van der Waals surface area contributed by atoms with Crippen LogP contribution in [0.4, 0.5) is 5.13 Å². The highest BCUT2D eigenvalue weighted by Gasteiger charge is 2.13. The first kappa shape index (κ1) is 25.5. The summed E-state index contributed by atoms with van der Waals surface area (Å²) in [5.74, 6) is 0.893. The number of carbonyl (C=O) groups is 2. The lowest BCUT2D eigenvalue weighted by Crippen LogP contribution is -2.19. The van der Waals surface area contributed by atoms with Crippen LogP contribution < -0.4 is 20.2 Å². The Bertz CT molecular complexity index is 1360. The lowest BCUT2D eigenvalue weighted by atomic mass is 10.1. The molecule has 0 fully saturated rings. The summed E-state index contributed by atoms with van der Waals surface area (Å²) in [5, 5.41) is 15.4. The number of hydrazone groups is 1. The summed E-state index contributed by atoms with van der Waals surface area (Å²) in [6.45, 7) is 2.72. The molecule has 0 saturated heterocycles. The van der Waals surface area contributed by atoms with Crippen molar-refractivity contribution in [1.29, 1.82) is 0 Å². The summed E-state index contributed by atoms with van der Waals surface area (Å²) in [6, 6.07) is 24.1.